The molecule has 2 heteroatoms. The van der Waals surface area contributed by atoms with E-state index in [9.17, 15) is 0 Å². The van der Waals surface area contributed by atoms with Gasteiger partial charge in [0.1, 0.15) is 0 Å². The molecule has 0 atom stereocenters. The van der Waals surface area contributed by atoms with Crippen LogP contribution in [-0.4, -0.2) is 12.8 Å². The molecule has 1 nitrogen and oxygen atoms in total. The van der Waals surface area contributed by atoms with Gasteiger partial charge in [0.15, 0.2) is 0 Å². The van der Waals surface area contributed by atoms with Crippen molar-refractivity contribution in [3.8, 4) is 0 Å². The molecule has 4 aromatic rings. The molecule has 5 rings (SSSR count). The quantitative estimate of drug-likeness (QED) is 0.269. The van der Waals surface area contributed by atoms with Crippen LogP contribution in [0.15, 0.2) is 146 Å². The van der Waals surface area contributed by atoms with E-state index in [1.165, 1.54) is 21.1 Å². The van der Waals surface area contributed by atoms with Crippen molar-refractivity contribution >= 4 is 23.8 Å². The Bertz CT molecular complexity index is 1150. The van der Waals surface area contributed by atoms with Crippen molar-refractivity contribution < 1.29 is 0 Å². The highest BCUT2D eigenvalue weighted by Gasteiger charge is 2.46. The van der Waals surface area contributed by atoms with Crippen molar-refractivity contribution in [2.24, 2.45) is 5.92 Å². The Hall–Kier alpha value is -3.62. The molecule has 1 aliphatic heterocycles. The highest BCUT2D eigenvalue weighted by atomic mass is 28.3. The molecule has 0 bridgehead atoms. The van der Waals surface area contributed by atoms with E-state index in [2.05, 4.69) is 164 Å². The number of benzene rings is 4. The highest BCUT2D eigenvalue weighted by molar-refractivity contribution is 7.09. The molecule has 0 fully saturated rings. The maximum absolute atomic E-state index is 2.56. The fourth-order valence-corrected chi connectivity index (χ4v) is 9.87. The maximum Gasteiger partial charge on any atom is 0.256 e. The van der Waals surface area contributed by atoms with E-state index in [1.54, 1.807) is 0 Å². The van der Waals surface area contributed by atoms with Gasteiger partial charge in [-0.25, -0.2) is 0 Å². The van der Waals surface area contributed by atoms with Gasteiger partial charge in [0, 0.05) is 5.41 Å². The van der Waals surface area contributed by atoms with Gasteiger partial charge in [-0.05, 0) is 39.4 Å². The summed E-state index contributed by atoms with van der Waals surface area (Å²) in [6.07, 6.45) is 9.55. The van der Waals surface area contributed by atoms with Crippen molar-refractivity contribution in [1.29, 1.82) is 0 Å². The Labute approximate surface area is 204 Å². The molecule has 168 valence electrons. The Morgan fingerprint density at radius 3 is 1.24 bits per heavy atom. The van der Waals surface area contributed by atoms with Gasteiger partial charge < -0.3 is 4.57 Å². The normalized spacial score (nSPS) is 15.0. The van der Waals surface area contributed by atoms with Crippen LogP contribution in [0.25, 0.3) is 0 Å². The van der Waals surface area contributed by atoms with E-state index in [4.69, 9.17) is 0 Å². The van der Waals surface area contributed by atoms with E-state index in [0.29, 0.717) is 5.92 Å². The van der Waals surface area contributed by atoms with Crippen LogP contribution in [0.5, 0.6) is 0 Å². The Kier molecular flexibility index (Phi) is 6.08. The predicted octanol–water partition coefficient (Wildman–Crippen LogP) is 5.59. The SMILES string of the molecule is CC(C)C1(c2ccccc2)C=CN([Si](c2ccccc2)(c2ccccc2)c2ccccc2)C=C1. The topological polar surface area (TPSA) is 3.24 Å². The molecule has 0 saturated carbocycles. The van der Waals surface area contributed by atoms with Gasteiger partial charge in [-0.15, -0.1) is 0 Å². The molecule has 34 heavy (non-hydrogen) atoms. The molecule has 4 aromatic carbocycles. The van der Waals surface area contributed by atoms with Gasteiger partial charge in [-0.3, -0.25) is 0 Å². The molecule has 1 heterocycles. The maximum atomic E-state index is 2.52. The second-order valence-corrected chi connectivity index (χ2v) is 13.0. The second kappa shape index (κ2) is 9.32. The van der Waals surface area contributed by atoms with Crippen LogP contribution in [-0.2, 0) is 5.41 Å². The molecule has 0 aromatic heterocycles. The van der Waals surface area contributed by atoms with Crippen molar-refractivity contribution in [2.45, 2.75) is 19.3 Å². The van der Waals surface area contributed by atoms with E-state index in [1.807, 2.05) is 0 Å². The van der Waals surface area contributed by atoms with Crippen LogP contribution in [0, 0.1) is 5.92 Å². The fourth-order valence-electron chi connectivity index (χ4n) is 5.36. The van der Waals surface area contributed by atoms with Gasteiger partial charge >= 0.3 is 0 Å². The van der Waals surface area contributed by atoms with Gasteiger partial charge in [-0.2, -0.15) is 0 Å². The largest absolute Gasteiger partial charge is 0.369 e. The summed E-state index contributed by atoms with van der Waals surface area (Å²) in [4.78, 5) is 0. The number of rotatable bonds is 6. The summed E-state index contributed by atoms with van der Waals surface area (Å²) < 4.78 is 2.52. The van der Waals surface area contributed by atoms with Crippen molar-refractivity contribution in [1.82, 2.24) is 4.57 Å². The van der Waals surface area contributed by atoms with Crippen LogP contribution >= 0.6 is 0 Å². The molecule has 0 amide bonds. The minimum Gasteiger partial charge on any atom is -0.369 e. The third kappa shape index (κ3) is 3.65. The first kappa shape index (κ1) is 22.2. The zero-order chi connectivity index (χ0) is 23.4. The van der Waals surface area contributed by atoms with Crippen LogP contribution in [0.4, 0.5) is 0 Å². The monoisotopic (exact) mass is 457 g/mol. The zero-order valence-corrected chi connectivity index (χ0v) is 20.9. The Balaban J connectivity index is 1.73. The summed E-state index contributed by atoms with van der Waals surface area (Å²) in [7, 11) is -2.56. The zero-order valence-electron chi connectivity index (χ0n) is 19.9. The lowest BCUT2D eigenvalue weighted by atomic mass is 9.71. The standard InChI is InChI=1S/C32H31NSi/c1-27(2)32(28-15-7-3-8-16-28)23-25-33(26-24-32)34(29-17-9-4-10-18-29,30-19-11-5-12-20-30)31-21-13-6-14-22-31/h3-27H,1-2H3. The Morgan fingerprint density at radius 2 is 0.882 bits per heavy atom. The average Bonchev–Trinajstić information content (AvgIpc) is 2.92. The molecule has 0 aliphatic carbocycles. The molecular formula is C32H31NSi. The van der Waals surface area contributed by atoms with E-state index >= 15 is 0 Å². The number of hydrogen-bond donors (Lipinski definition) is 0. The number of allylic oxidation sites excluding steroid dienone is 2. The lowest BCUT2D eigenvalue weighted by molar-refractivity contribution is 0.451. The molecular weight excluding hydrogens is 426 g/mol. The first-order valence-corrected chi connectivity index (χ1v) is 14.0. The minimum absolute atomic E-state index is 0.123. The summed E-state index contributed by atoms with van der Waals surface area (Å²) in [5, 5.41) is 4.12. The predicted molar refractivity (Wildman–Crippen MR) is 147 cm³/mol. The fraction of sp³-hybridized carbons (Fsp3) is 0.125. The summed E-state index contributed by atoms with van der Waals surface area (Å²) >= 11 is 0. The molecule has 0 radical (unpaired) electrons. The highest BCUT2D eigenvalue weighted by Crippen LogP contribution is 2.38. The van der Waals surface area contributed by atoms with Gasteiger partial charge in [0.25, 0.3) is 8.24 Å². The summed E-state index contributed by atoms with van der Waals surface area (Å²) in [5.41, 5.74) is 1.21. The third-order valence-corrected chi connectivity index (χ3v) is 11.8. The Morgan fingerprint density at radius 1 is 0.529 bits per heavy atom. The first-order valence-electron chi connectivity index (χ1n) is 12.1. The summed E-state index contributed by atoms with van der Waals surface area (Å²) in [6.45, 7) is 4.63. The van der Waals surface area contributed by atoms with Crippen molar-refractivity contribution in [2.75, 3.05) is 0 Å². The van der Waals surface area contributed by atoms with Crippen molar-refractivity contribution in [3.05, 3.63) is 151 Å². The molecule has 1 aliphatic rings. The average molecular weight is 458 g/mol. The minimum atomic E-state index is -2.56. The molecule has 0 N–H and O–H groups in total. The van der Waals surface area contributed by atoms with E-state index in [-0.39, 0.29) is 5.41 Å². The van der Waals surface area contributed by atoms with Crippen molar-refractivity contribution in [3.63, 3.8) is 0 Å². The number of hydrogen-bond acceptors (Lipinski definition) is 1. The van der Waals surface area contributed by atoms with Gasteiger partial charge in [-0.1, -0.05) is 147 Å². The molecule has 0 unspecified atom stereocenters. The van der Waals surface area contributed by atoms with Gasteiger partial charge in [0.05, 0.1) is 0 Å². The van der Waals surface area contributed by atoms with Crippen LogP contribution < -0.4 is 15.6 Å². The lowest BCUT2D eigenvalue weighted by Crippen LogP contribution is -2.75. The van der Waals surface area contributed by atoms with Crippen LogP contribution in [0.3, 0.4) is 0 Å². The summed E-state index contributed by atoms with van der Waals surface area (Å²) in [6, 6.07) is 44.0. The molecule has 0 spiro atoms. The van der Waals surface area contributed by atoms with Crippen LogP contribution in [0.1, 0.15) is 19.4 Å². The van der Waals surface area contributed by atoms with E-state index in [0.717, 1.165) is 0 Å². The first-order chi connectivity index (χ1) is 16.7. The summed E-state index contributed by atoms with van der Waals surface area (Å²) in [5.74, 6) is 0.436. The number of nitrogens with zero attached hydrogens (tertiary/aromatic N) is 1. The lowest BCUT2D eigenvalue weighted by Gasteiger charge is -2.45. The third-order valence-electron chi connectivity index (χ3n) is 7.21. The van der Waals surface area contributed by atoms with Gasteiger partial charge in [0.2, 0.25) is 0 Å². The van der Waals surface area contributed by atoms with E-state index < -0.39 is 8.24 Å². The second-order valence-electron chi connectivity index (χ2n) is 9.30. The smallest absolute Gasteiger partial charge is 0.256 e. The van der Waals surface area contributed by atoms with Crippen LogP contribution in [0.2, 0.25) is 0 Å². The molecule has 0 saturated heterocycles.